The first-order chi connectivity index (χ1) is 8.22. The first-order valence-corrected chi connectivity index (χ1v) is 6.09. The number of nitrogens with zero attached hydrogens (tertiary/aromatic N) is 1. The van der Waals surface area contributed by atoms with E-state index in [4.69, 9.17) is 0 Å². The number of aliphatic hydroxyl groups is 1. The molecule has 1 aliphatic heterocycles. The van der Waals surface area contributed by atoms with Gasteiger partial charge in [0.2, 0.25) is 0 Å². The van der Waals surface area contributed by atoms with Crippen molar-refractivity contribution in [3.05, 3.63) is 0 Å². The highest BCUT2D eigenvalue weighted by molar-refractivity contribution is 5.67. The van der Waals surface area contributed by atoms with Crippen molar-refractivity contribution < 1.29 is 19.0 Å². The van der Waals surface area contributed by atoms with Crippen molar-refractivity contribution in [2.24, 2.45) is 0 Å². The van der Waals surface area contributed by atoms with E-state index < -0.39 is 18.9 Å². The highest BCUT2D eigenvalue weighted by Crippen LogP contribution is 2.08. The molecule has 1 amide bonds. The minimum absolute atomic E-state index is 0.140. The van der Waals surface area contributed by atoms with Crippen molar-refractivity contribution in [1.82, 2.24) is 10.2 Å². The molecule has 0 saturated carbocycles. The Kier molecular flexibility index (Phi) is 6.88. The van der Waals surface area contributed by atoms with E-state index in [1.165, 1.54) is 19.3 Å². The molecule has 5 nitrogen and oxygen atoms in total. The number of alkyl halides is 1. The van der Waals surface area contributed by atoms with E-state index >= 15 is 0 Å². The second kappa shape index (κ2) is 8.25. The molecule has 1 heterocycles. The molecule has 0 aliphatic carbocycles. The minimum atomic E-state index is -0.691. The third-order valence-electron chi connectivity index (χ3n) is 2.71. The number of nitrogens with one attached hydrogen (secondary N) is 1. The number of carbonyl (C=O) groups excluding carboxylic acids is 1. The Labute approximate surface area is 101 Å². The summed E-state index contributed by atoms with van der Waals surface area (Å²) in [5.41, 5.74) is 0. The lowest BCUT2D eigenvalue weighted by Gasteiger charge is -2.28. The Morgan fingerprint density at radius 1 is 1.41 bits per heavy atom. The summed E-state index contributed by atoms with van der Waals surface area (Å²) in [6, 6.07) is 0. The molecular weight excluding hydrogens is 227 g/mol. The summed E-state index contributed by atoms with van der Waals surface area (Å²) < 4.78 is 16.2. The molecule has 0 unspecified atom stereocenters. The van der Waals surface area contributed by atoms with Crippen LogP contribution in [0.2, 0.25) is 0 Å². The zero-order valence-electron chi connectivity index (χ0n) is 10.0. The second-order valence-corrected chi connectivity index (χ2v) is 4.22. The van der Waals surface area contributed by atoms with E-state index in [0.717, 1.165) is 13.1 Å². The van der Waals surface area contributed by atoms with Crippen LogP contribution in [-0.2, 0) is 4.74 Å². The number of aliphatic hydroxyl groups excluding tert-OH is 1. The summed E-state index contributed by atoms with van der Waals surface area (Å²) >= 11 is 0. The molecule has 0 spiro atoms. The molecule has 0 aromatic heterocycles. The number of piperidine rings is 1. The summed E-state index contributed by atoms with van der Waals surface area (Å²) in [5, 5.41) is 12.1. The van der Waals surface area contributed by atoms with Crippen molar-refractivity contribution in [1.29, 1.82) is 0 Å². The van der Waals surface area contributed by atoms with E-state index in [-0.39, 0.29) is 13.2 Å². The molecule has 6 heteroatoms. The number of likely N-dealkylation sites (tertiary alicyclic amines) is 1. The fourth-order valence-corrected chi connectivity index (χ4v) is 1.89. The number of rotatable bonds is 6. The van der Waals surface area contributed by atoms with Crippen LogP contribution in [0.1, 0.15) is 19.3 Å². The Morgan fingerprint density at radius 3 is 2.76 bits per heavy atom. The lowest BCUT2D eigenvalue weighted by atomic mass is 10.1. The largest absolute Gasteiger partial charge is 0.447 e. The maximum absolute atomic E-state index is 11.7. The molecule has 2 N–H and O–H groups in total. The number of carbonyl (C=O) groups is 1. The van der Waals surface area contributed by atoms with Gasteiger partial charge in [0.25, 0.3) is 0 Å². The maximum atomic E-state index is 11.7. The Morgan fingerprint density at radius 2 is 2.12 bits per heavy atom. The predicted molar refractivity (Wildman–Crippen MR) is 61.6 cm³/mol. The number of halogens is 1. The summed E-state index contributed by atoms with van der Waals surface area (Å²) in [6.45, 7) is 1.77. The van der Waals surface area contributed by atoms with Crippen molar-refractivity contribution in [3.8, 4) is 0 Å². The van der Waals surface area contributed by atoms with Gasteiger partial charge in [-0.15, -0.1) is 0 Å². The molecule has 1 saturated heterocycles. The summed E-state index contributed by atoms with van der Waals surface area (Å²) in [6.07, 6.45) is 2.30. The normalized spacial score (nSPS) is 18.7. The summed E-state index contributed by atoms with van der Waals surface area (Å²) in [4.78, 5) is 13.2. The molecule has 0 bridgehead atoms. The van der Waals surface area contributed by atoms with Gasteiger partial charge in [-0.1, -0.05) is 6.42 Å². The number of hydrogen-bond acceptors (Lipinski definition) is 4. The van der Waals surface area contributed by atoms with Gasteiger partial charge in [-0.05, 0) is 25.9 Å². The number of hydrogen-bond donors (Lipinski definition) is 2. The number of β-amino-alcohol motifs (C(OH)–C–C–N with tert-alkyl or cyclic N) is 1. The fraction of sp³-hybridized carbons (Fsp3) is 0.909. The average molecular weight is 248 g/mol. The van der Waals surface area contributed by atoms with E-state index in [1.807, 2.05) is 0 Å². The van der Waals surface area contributed by atoms with Crippen LogP contribution >= 0.6 is 0 Å². The smallest absolute Gasteiger partial charge is 0.407 e. The van der Waals surface area contributed by atoms with Gasteiger partial charge < -0.3 is 20.1 Å². The van der Waals surface area contributed by atoms with Gasteiger partial charge in [-0.25, -0.2) is 9.18 Å². The Hall–Kier alpha value is -0.880. The topological polar surface area (TPSA) is 61.8 Å². The lowest BCUT2D eigenvalue weighted by Crippen LogP contribution is -2.42. The molecule has 0 aromatic rings. The number of alkyl carbamates (subject to hydrolysis) is 1. The molecule has 1 atom stereocenters. The molecule has 17 heavy (non-hydrogen) atoms. The van der Waals surface area contributed by atoms with Crippen molar-refractivity contribution >= 4 is 6.09 Å². The Bertz CT molecular complexity index is 223. The van der Waals surface area contributed by atoms with Crippen LogP contribution in [0, 0.1) is 0 Å². The van der Waals surface area contributed by atoms with E-state index in [2.05, 4.69) is 15.0 Å². The third-order valence-corrected chi connectivity index (χ3v) is 2.71. The molecular formula is C11H21FN2O3. The average Bonchev–Trinajstić information content (AvgIpc) is 2.35. The van der Waals surface area contributed by atoms with Crippen molar-refractivity contribution in [2.45, 2.75) is 25.4 Å². The number of amides is 1. The molecule has 0 radical (unpaired) electrons. The molecule has 1 aliphatic rings. The van der Waals surface area contributed by atoms with Gasteiger partial charge >= 0.3 is 6.09 Å². The van der Waals surface area contributed by atoms with Crippen molar-refractivity contribution in [2.75, 3.05) is 39.5 Å². The van der Waals surface area contributed by atoms with Gasteiger partial charge in [0.15, 0.2) is 0 Å². The van der Waals surface area contributed by atoms with Gasteiger partial charge in [0, 0.05) is 13.1 Å². The van der Waals surface area contributed by atoms with Gasteiger partial charge in [-0.2, -0.15) is 0 Å². The van der Waals surface area contributed by atoms with Crippen LogP contribution in [0.25, 0.3) is 0 Å². The first kappa shape index (κ1) is 14.2. The molecule has 1 rings (SSSR count). The zero-order valence-corrected chi connectivity index (χ0v) is 10.0. The second-order valence-electron chi connectivity index (χ2n) is 4.22. The maximum Gasteiger partial charge on any atom is 0.407 e. The van der Waals surface area contributed by atoms with Gasteiger partial charge in [-0.3, -0.25) is 0 Å². The van der Waals surface area contributed by atoms with Crippen LogP contribution in [-0.4, -0.2) is 61.7 Å². The molecule has 0 aromatic carbocycles. The number of ether oxygens (including phenoxy) is 1. The Balaban J connectivity index is 2.07. The van der Waals surface area contributed by atoms with E-state index in [9.17, 15) is 14.3 Å². The molecule has 1 fully saturated rings. The van der Waals surface area contributed by atoms with Crippen LogP contribution in [0.5, 0.6) is 0 Å². The van der Waals surface area contributed by atoms with Gasteiger partial charge in [0.1, 0.15) is 13.3 Å². The fourth-order valence-electron chi connectivity index (χ4n) is 1.89. The van der Waals surface area contributed by atoms with E-state index in [1.54, 1.807) is 0 Å². The van der Waals surface area contributed by atoms with E-state index in [0.29, 0.717) is 6.54 Å². The summed E-state index contributed by atoms with van der Waals surface area (Å²) in [5.74, 6) is 0. The monoisotopic (exact) mass is 248 g/mol. The SMILES string of the molecule is O=C(NC[C@H](O)CN1CCCCC1)OCCF. The van der Waals surface area contributed by atoms with Crippen LogP contribution in [0.4, 0.5) is 9.18 Å². The van der Waals surface area contributed by atoms with Gasteiger partial charge in [0.05, 0.1) is 6.10 Å². The highest BCUT2D eigenvalue weighted by atomic mass is 19.1. The quantitative estimate of drug-likeness (QED) is 0.720. The summed E-state index contributed by atoms with van der Waals surface area (Å²) in [7, 11) is 0. The highest BCUT2D eigenvalue weighted by Gasteiger charge is 2.15. The van der Waals surface area contributed by atoms with Crippen LogP contribution in [0.15, 0.2) is 0 Å². The van der Waals surface area contributed by atoms with Crippen LogP contribution < -0.4 is 5.32 Å². The standard InChI is InChI=1S/C11H21FN2O3/c12-4-7-17-11(16)13-8-10(15)9-14-5-2-1-3-6-14/h10,15H,1-9H2,(H,13,16)/t10-/m0/s1. The zero-order chi connectivity index (χ0) is 12.5. The molecule has 100 valence electrons. The van der Waals surface area contributed by atoms with Crippen LogP contribution in [0.3, 0.4) is 0 Å². The lowest BCUT2D eigenvalue weighted by molar-refractivity contribution is 0.0927. The predicted octanol–water partition coefficient (Wildman–Crippen LogP) is 0.529. The third kappa shape index (κ3) is 6.43. The van der Waals surface area contributed by atoms with Crippen molar-refractivity contribution in [3.63, 3.8) is 0 Å². The first-order valence-electron chi connectivity index (χ1n) is 6.09. The minimum Gasteiger partial charge on any atom is -0.447 e.